The molecule has 0 atom stereocenters. The summed E-state index contributed by atoms with van der Waals surface area (Å²) in [6.07, 6.45) is 5.40. The van der Waals surface area contributed by atoms with Crippen LogP contribution in [0.3, 0.4) is 0 Å². The van der Waals surface area contributed by atoms with Gasteiger partial charge >= 0.3 is 0 Å². The minimum atomic E-state index is 0.00411. The lowest BCUT2D eigenvalue weighted by Gasteiger charge is -2.05. The number of unbranched alkanes of at least 4 members (excludes halogenated alkanes) is 3. The molecular weight excluding hydrogens is 284 g/mol. The summed E-state index contributed by atoms with van der Waals surface area (Å²) in [4.78, 5) is 33.2. The molecule has 6 nitrogen and oxygen atoms in total. The molecule has 0 unspecified atom stereocenters. The summed E-state index contributed by atoms with van der Waals surface area (Å²) in [7, 11) is 0. The number of amides is 2. The lowest BCUT2D eigenvalue weighted by atomic mass is 10.1. The molecule has 0 saturated heterocycles. The molecule has 0 rings (SSSR count). The molecule has 0 aromatic heterocycles. The molecule has 0 aromatic rings. The lowest BCUT2D eigenvalue weighted by molar-refractivity contribution is -0.122. The smallest absolute Gasteiger partial charge is 0.219 e. The Kier molecular flexibility index (Phi) is 13.6. The molecule has 2 amide bonds. The molecule has 6 heteroatoms. The number of carbonyl (C=O) groups excluding carboxylic acids is 3. The third-order valence-electron chi connectivity index (χ3n) is 3.17. The van der Waals surface area contributed by atoms with E-state index < -0.39 is 0 Å². The minimum absolute atomic E-state index is 0.00411. The Morgan fingerprint density at radius 3 is 2.27 bits per heavy atom. The summed E-state index contributed by atoms with van der Waals surface area (Å²) >= 11 is 0. The molecule has 2 N–H and O–H groups in total. The van der Waals surface area contributed by atoms with Crippen molar-refractivity contribution in [3.63, 3.8) is 0 Å². The normalized spacial score (nSPS) is 10.3. The first-order valence-corrected chi connectivity index (χ1v) is 8.16. The highest BCUT2D eigenvalue weighted by atomic mass is 16.5. The van der Waals surface area contributed by atoms with Gasteiger partial charge in [-0.3, -0.25) is 14.4 Å². The van der Waals surface area contributed by atoms with Crippen molar-refractivity contribution in [3.8, 4) is 0 Å². The molecule has 0 aliphatic rings. The van der Waals surface area contributed by atoms with Gasteiger partial charge in [-0.2, -0.15) is 0 Å². The van der Waals surface area contributed by atoms with Crippen LogP contribution in [0.2, 0.25) is 0 Å². The van der Waals surface area contributed by atoms with Crippen LogP contribution in [0.25, 0.3) is 0 Å². The Bertz CT molecular complexity index is 332. The van der Waals surface area contributed by atoms with Gasteiger partial charge in [0.1, 0.15) is 5.78 Å². The van der Waals surface area contributed by atoms with Crippen molar-refractivity contribution in [1.82, 2.24) is 10.6 Å². The first kappa shape index (κ1) is 20.6. The zero-order valence-corrected chi connectivity index (χ0v) is 13.9. The van der Waals surface area contributed by atoms with Crippen LogP contribution in [0.4, 0.5) is 0 Å². The van der Waals surface area contributed by atoms with Gasteiger partial charge in [-0.05, 0) is 12.8 Å². The number of hydrogen-bond acceptors (Lipinski definition) is 4. The van der Waals surface area contributed by atoms with Crippen LogP contribution in [-0.4, -0.2) is 43.9 Å². The van der Waals surface area contributed by atoms with Crippen molar-refractivity contribution < 1.29 is 19.1 Å². The molecule has 0 bridgehead atoms. The van der Waals surface area contributed by atoms with Gasteiger partial charge in [0.2, 0.25) is 11.8 Å². The molecule has 0 spiro atoms. The van der Waals surface area contributed by atoms with Gasteiger partial charge in [-0.25, -0.2) is 0 Å². The van der Waals surface area contributed by atoms with Crippen LogP contribution in [0, 0.1) is 0 Å². The highest BCUT2D eigenvalue weighted by Crippen LogP contribution is 2.04. The van der Waals surface area contributed by atoms with Gasteiger partial charge in [0.05, 0.1) is 13.2 Å². The Morgan fingerprint density at radius 2 is 1.59 bits per heavy atom. The predicted octanol–water partition coefficient (Wildman–Crippen LogP) is 1.57. The fourth-order valence-corrected chi connectivity index (χ4v) is 1.87. The van der Waals surface area contributed by atoms with E-state index in [1.165, 1.54) is 6.92 Å². The molecule has 128 valence electrons. The van der Waals surface area contributed by atoms with Crippen LogP contribution in [0.1, 0.15) is 58.8 Å². The first-order chi connectivity index (χ1) is 10.6. The van der Waals surface area contributed by atoms with Gasteiger partial charge in [0, 0.05) is 39.3 Å². The van der Waals surface area contributed by atoms with Gasteiger partial charge in [0.25, 0.3) is 0 Å². The SMILES string of the molecule is CCC(=O)NCCOCCC(=O)CCCCCCNC(C)=O. The maximum atomic E-state index is 11.6. The lowest BCUT2D eigenvalue weighted by Crippen LogP contribution is -2.26. The second-order valence-electron chi connectivity index (χ2n) is 5.25. The fourth-order valence-electron chi connectivity index (χ4n) is 1.87. The molecule has 0 aliphatic heterocycles. The van der Waals surface area contributed by atoms with Gasteiger partial charge in [-0.15, -0.1) is 0 Å². The Hall–Kier alpha value is -1.43. The number of hydrogen-bond donors (Lipinski definition) is 2. The Morgan fingerprint density at radius 1 is 0.864 bits per heavy atom. The van der Waals surface area contributed by atoms with E-state index in [9.17, 15) is 14.4 Å². The molecule has 0 radical (unpaired) electrons. The maximum Gasteiger partial charge on any atom is 0.219 e. The molecule has 22 heavy (non-hydrogen) atoms. The topological polar surface area (TPSA) is 84.5 Å². The van der Waals surface area contributed by atoms with Crippen LogP contribution in [0.5, 0.6) is 0 Å². The second-order valence-corrected chi connectivity index (χ2v) is 5.25. The number of ketones is 1. The largest absolute Gasteiger partial charge is 0.379 e. The summed E-state index contributed by atoms with van der Waals surface area (Å²) in [6.45, 7) is 5.39. The molecule has 0 aliphatic carbocycles. The average Bonchev–Trinajstić information content (AvgIpc) is 2.49. The Balaban J connectivity index is 3.26. The van der Waals surface area contributed by atoms with E-state index >= 15 is 0 Å². The Labute approximate surface area is 133 Å². The van der Waals surface area contributed by atoms with Crippen molar-refractivity contribution >= 4 is 17.6 Å². The zero-order chi connectivity index (χ0) is 16.6. The van der Waals surface area contributed by atoms with E-state index in [4.69, 9.17) is 4.74 Å². The van der Waals surface area contributed by atoms with E-state index in [1.54, 1.807) is 6.92 Å². The maximum absolute atomic E-state index is 11.6. The number of nitrogens with one attached hydrogen (secondary N) is 2. The third kappa shape index (κ3) is 15.0. The minimum Gasteiger partial charge on any atom is -0.379 e. The number of Topliss-reactive ketones (excluding diaryl/α,β-unsaturated/α-hetero) is 1. The van der Waals surface area contributed by atoms with Crippen LogP contribution in [0.15, 0.2) is 0 Å². The van der Waals surface area contributed by atoms with Crippen LogP contribution in [-0.2, 0) is 19.1 Å². The van der Waals surface area contributed by atoms with Crippen molar-refractivity contribution in [2.75, 3.05) is 26.3 Å². The van der Waals surface area contributed by atoms with Gasteiger partial charge in [-0.1, -0.05) is 19.8 Å². The zero-order valence-electron chi connectivity index (χ0n) is 13.9. The highest BCUT2D eigenvalue weighted by molar-refractivity contribution is 5.78. The monoisotopic (exact) mass is 314 g/mol. The standard InChI is InChI=1S/C16H30N2O4/c1-3-16(21)18-11-13-22-12-9-15(20)8-6-4-5-7-10-17-14(2)19/h3-13H2,1-2H3,(H,17,19)(H,18,21). The van der Waals surface area contributed by atoms with Crippen molar-refractivity contribution in [2.24, 2.45) is 0 Å². The number of rotatable bonds is 14. The molecule has 0 fully saturated rings. The summed E-state index contributed by atoms with van der Waals surface area (Å²) in [5.74, 6) is 0.238. The van der Waals surface area contributed by atoms with Crippen LogP contribution < -0.4 is 10.6 Å². The molecule has 0 aromatic carbocycles. The average molecular weight is 314 g/mol. The number of carbonyl (C=O) groups is 3. The molecule has 0 saturated carbocycles. The van der Waals surface area contributed by atoms with Crippen molar-refractivity contribution in [1.29, 1.82) is 0 Å². The van der Waals surface area contributed by atoms with E-state index in [-0.39, 0.29) is 17.6 Å². The van der Waals surface area contributed by atoms with E-state index in [0.29, 0.717) is 45.6 Å². The quantitative estimate of drug-likeness (QED) is 0.477. The summed E-state index contributed by atoms with van der Waals surface area (Å²) in [5.41, 5.74) is 0. The van der Waals surface area contributed by atoms with Gasteiger partial charge in [0.15, 0.2) is 0 Å². The van der Waals surface area contributed by atoms with Crippen molar-refractivity contribution in [2.45, 2.75) is 58.8 Å². The summed E-state index contributed by atoms with van der Waals surface area (Å²) < 4.78 is 5.31. The van der Waals surface area contributed by atoms with Crippen molar-refractivity contribution in [3.05, 3.63) is 0 Å². The summed E-state index contributed by atoms with van der Waals surface area (Å²) in [6, 6.07) is 0. The van der Waals surface area contributed by atoms with Gasteiger partial charge < -0.3 is 15.4 Å². The second kappa shape index (κ2) is 14.5. The fraction of sp³-hybridized carbons (Fsp3) is 0.812. The van der Waals surface area contributed by atoms with E-state index in [0.717, 1.165) is 25.7 Å². The highest BCUT2D eigenvalue weighted by Gasteiger charge is 2.02. The predicted molar refractivity (Wildman–Crippen MR) is 85.5 cm³/mol. The van der Waals surface area contributed by atoms with Crippen LogP contribution >= 0.6 is 0 Å². The summed E-state index contributed by atoms with van der Waals surface area (Å²) in [5, 5.41) is 5.46. The molecule has 0 heterocycles. The number of ether oxygens (including phenoxy) is 1. The first-order valence-electron chi connectivity index (χ1n) is 8.16. The third-order valence-corrected chi connectivity index (χ3v) is 3.17. The molecular formula is C16H30N2O4. The van der Waals surface area contributed by atoms with E-state index in [1.807, 2.05) is 0 Å². The van der Waals surface area contributed by atoms with E-state index in [2.05, 4.69) is 10.6 Å².